The number of rotatable bonds is 2. The summed E-state index contributed by atoms with van der Waals surface area (Å²) >= 11 is 8.60. The van der Waals surface area contributed by atoms with Gasteiger partial charge < -0.3 is 4.74 Å². The first-order chi connectivity index (χ1) is 4.81. The van der Waals surface area contributed by atoms with Crippen LogP contribution in [0.15, 0.2) is 0 Å². The predicted octanol–water partition coefficient (Wildman–Crippen LogP) is 3.04. The molecule has 0 fully saturated rings. The third-order valence-corrected chi connectivity index (χ3v) is 1.40. The molecule has 0 amide bonds. The molecule has 0 aliphatic heterocycles. The van der Waals surface area contributed by atoms with E-state index in [9.17, 15) is 0 Å². The molecule has 0 radical (unpaired) electrons. The minimum atomic E-state index is 0.167. The molecule has 1 atom stereocenters. The Labute approximate surface area is 79.9 Å². The molecule has 0 spiro atoms. The van der Waals surface area contributed by atoms with Crippen LogP contribution in [0.3, 0.4) is 0 Å². The van der Waals surface area contributed by atoms with Crippen LogP contribution in [0, 0.1) is 5.41 Å². The first-order valence-electron chi connectivity index (χ1n) is 3.71. The van der Waals surface area contributed by atoms with Crippen LogP contribution < -0.4 is 0 Å². The summed E-state index contributed by atoms with van der Waals surface area (Å²) in [6.07, 6.45) is 1.16. The van der Waals surface area contributed by atoms with Gasteiger partial charge in [0.15, 0.2) is 0 Å². The van der Waals surface area contributed by atoms with Crippen LogP contribution in [0.4, 0.5) is 0 Å². The zero-order valence-corrected chi connectivity index (χ0v) is 9.26. The largest absolute Gasteiger partial charge is 0.476 e. The smallest absolute Gasteiger partial charge is 0.217 e. The van der Waals surface area contributed by atoms with E-state index in [1.807, 2.05) is 6.92 Å². The molecule has 1 unspecified atom stereocenters. The molecule has 0 aliphatic carbocycles. The van der Waals surface area contributed by atoms with E-state index in [2.05, 4.69) is 33.4 Å². The van der Waals surface area contributed by atoms with Gasteiger partial charge in [0.1, 0.15) is 0 Å². The van der Waals surface area contributed by atoms with Crippen LogP contribution in [-0.4, -0.2) is 10.5 Å². The van der Waals surface area contributed by atoms with Gasteiger partial charge in [-0.1, -0.05) is 33.4 Å². The van der Waals surface area contributed by atoms with Crippen molar-refractivity contribution >= 4 is 29.2 Å². The number of ether oxygens (including phenoxy) is 1. The predicted molar refractivity (Wildman–Crippen MR) is 56.2 cm³/mol. The minimum Gasteiger partial charge on any atom is -0.476 e. The van der Waals surface area contributed by atoms with Gasteiger partial charge in [0.25, 0.3) is 0 Å². The standard InChI is InChI=1S/C8H16OS2/c1-6(9-7(10)11)5-8(2,3)4/h6H,5H2,1-4H3,(H,10,11). The zero-order valence-electron chi connectivity index (χ0n) is 7.55. The van der Waals surface area contributed by atoms with E-state index >= 15 is 0 Å². The van der Waals surface area contributed by atoms with Crippen LogP contribution in [0.2, 0.25) is 0 Å². The Bertz CT molecular complexity index is 138. The summed E-state index contributed by atoms with van der Waals surface area (Å²) in [5.74, 6) is 0. The molecule has 0 bridgehead atoms. The highest BCUT2D eigenvalue weighted by atomic mass is 32.1. The number of thiol groups is 1. The van der Waals surface area contributed by atoms with Crippen molar-refractivity contribution in [2.45, 2.75) is 40.2 Å². The fourth-order valence-electron chi connectivity index (χ4n) is 1.08. The van der Waals surface area contributed by atoms with E-state index in [0.29, 0.717) is 4.38 Å². The van der Waals surface area contributed by atoms with Crippen LogP contribution in [0.5, 0.6) is 0 Å². The van der Waals surface area contributed by atoms with Crippen LogP contribution >= 0.6 is 24.8 Å². The maximum absolute atomic E-state index is 5.22. The molecule has 3 heteroatoms. The third-order valence-electron chi connectivity index (χ3n) is 1.20. The van der Waals surface area contributed by atoms with Crippen molar-refractivity contribution in [3.05, 3.63) is 0 Å². The van der Waals surface area contributed by atoms with E-state index in [0.717, 1.165) is 6.42 Å². The zero-order chi connectivity index (χ0) is 9.07. The lowest BCUT2D eigenvalue weighted by Crippen LogP contribution is -2.18. The average Bonchev–Trinajstić information content (AvgIpc) is 1.53. The maximum atomic E-state index is 5.22. The second-order valence-electron chi connectivity index (χ2n) is 3.96. The molecule has 0 N–H and O–H groups in total. The first-order valence-corrected chi connectivity index (χ1v) is 4.56. The topological polar surface area (TPSA) is 9.23 Å². The fourth-order valence-corrected chi connectivity index (χ4v) is 1.42. The Hall–Kier alpha value is 0.240. The number of hydrogen-bond acceptors (Lipinski definition) is 2. The van der Waals surface area contributed by atoms with E-state index in [1.165, 1.54) is 0 Å². The summed E-state index contributed by atoms with van der Waals surface area (Å²) < 4.78 is 5.56. The average molecular weight is 192 g/mol. The molecule has 0 aromatic rings. The van der Waals surface area contributed by atoms with Crippen molar-refractivity contribution in [3.8, 4) is 0 Å². The van der Waals surface area contributed by atoms with Crippen LogP contribution in [0.25, 0.3) is 0 Å². The molecule has 0 rings (SSSR count). The lowest BCUT2D eigenvalue weighted by atomic mass is 9.90. The quantitative estimate of drug-likeness (QED) is 0.532. The highest BCUT2D eigenvalue weighted by Gasteiger charge is 2.16. The van der Waals surface area contributed by atoms with Crippen molar-refractivity contribution in [2.24, 2.45) is 5.41 Å². The molecule has 0 aliphatic rings. The molecule has 66 valence electrons. The molecule has 0 aromatic heterocycles. The normalized spacial score (nSPS) is 14.3. The van der Waals surface area contributed by atoms with Crippen molar-refractivity contribution in [1.29, 1.82) is 0 Å². The summed E-state index contributed by atoms with van der Waals surface area (Å²) in [5, 5.41) is 0. The summed E-state index contributed by atoms with van der Waals surface area (Å²) in [4.78, 5) is 0. The second-order valence-corrected chi connectivity index (χ2v) is 5.04. The van der Waals surface area contributed by atoms with Gasteiger partial charge in [-0.2, -0.15) is 0 Å². The van der Waals surface area contributed by atoms with Gasteiger partial charge in [-0.15, -0.1) is 0 Å². The lowest BCUT2D eigenvalue weighted by molar-refractivity contribution is 0.158. The summed E-state index contributed by atoms with van der Waals surface area (Å²) in [7, 11) is 0. The Kier molecular flexibility index (Phi) is 4.41. The second kappa shape index (κ2) is 4.31. The summed E-state index contributed by atoms with van der Waals surface area (Å²) in [5.41, 5.74) is 0.290. The van der Waals surface area contributed by atoms with Gasteiger partial charge in [0.2, 0.25) is 4.38 Å². The lowest BCUT2D eigenvalue weighted by Gasteiger charge is -2.23. The van der Waals surface area contributed by atoms with E-state index < -0.39 is 0 Å². The van der Waals surface area contributed by atoms with Crippen molar-refractivity contribution in [3.63, 3.8) is 0 Å². The molecule has 0 aromatic carbocycles. The molecule has 0 saturated heterocycles. The molecule has 11 heavy (non-hydrogen) atoms. The third kappa shape index (κ3) is 8.14. The van der Waals surface area contributed by atoms with Gasteiger partial charge in [0.05, 0.1) is 6.10 Å². The molecule has 0 saturated carbocycles. The molecular formula is C8H16OS2. The van der Waals surface area contributed by atoms with E-state index in [4.69, 9.17) is 17.0 Å². The fraction of sp³-hybridized carbons (Fsp3) is 0.875. The summed E-state index contributed by atoms with van der Waals surface area (Å²) in [6.45, 7) is 8.53. The monoisotopic (exact) mass is 192 g/mol. The Morgan fingerprint density at radius 1 is 1.55 bits per heavy atom. The Morgan fingerprint density at radius 2 is 2.00 bits per heavy atom. The van der Waals surface area contributed by atoms with Crippen molar-refractivity contribution in [2.75, 3.05) is 0 Å². The van der Waals surface area contributed by atoms with Gasteiger partial charge in [-0.05, 0) is 31.0 Å². The van der Waals surface area contributed by atoms with Crippen molar-refractivity contribution < 1.29 is 4.74 Å². The van der Waals surface area contributed by atoms with Gasteiger partial charge in [0, 0.05) is 0 Å². The van der Waals surface area contributed by atoms with E-state index in [1.54, 1.807) is 0 Å². The van der Waals surface area contributed by atoms with Gasteiger partial charge >= 0.3 is 0 Å². The molecular weight excluding hydrogens is 176 g/mol. The molecule has 1 nitrogen and oxygen atoms in total. The highest BCUT2D eigenvalue weighted by Crippen LogP contribution is 2.22. The van der Waals surface area contributed by atoms with E-state index in [-0.39, 0.29) is 11.5 Å². The Morgan fingerprint density at radius 3 is 2.27 bits per heavy atom. The van der Waals surface area contributed by atoms with Gasteiger partial charge in [-0.3, -0.25) is 0 Å². The van der Waals surface area contributed by atoms with Gasteiger partial charge in [-0.25, -0.2) is 0 Å². The number of hydrogen-bond donors (Lipinski definition) is 1. The first kappa shape index (κ1) is 11.2. The van der Waals surface area contributed by atoms with Crippen molar-refractivity contribution in [1.82, 2.24) is 0 Å². The number of thiocarbonyl (C=S) groups is 1. The SMILES string of the molecule is CC(CC(C)(C)C)OC(=S)S. The van der Waals surface area contributed by atoms with Crippen LogP contribution in [0.1, 0.15) is 34.1 Å². The maximum Gasteiger partial charge on any atom is 0.217 e. The molecule has 0 heterocycles. The minimum absolute atomic E-state index is 0.167. The summed E-state index contributed by atoms with van der Waals surface area (Å²) in [6, 6.07) is 0. The Balaban J connectivity index is 3.69. The van der Waals surface area contributed by atoms with Crippen LogP contribution in [-0.2, 0) is 4.74 Å². The highest BCUT2D eigenvalue weighted by molar-refractivity contribution is 8.10.